The molecule has 2 aliphatic heterocycles. The van der Waals surface area contributed by atoms with Crippen LogP contribution in [0.15, 0.2) is 94.2 Å². The molecule has 9 heteroatoms. The average molecular weight is 509 g/mol. The molecule has 2 aromatic carbocycles. The summed E-state index contributed by atoms with van der Waals surface area (Å²) in [5.41, 5.74) is 3.37. The maximum absolute atomic E-state index is 12.8. The number of carbonyl (C=O) groups excluding carboxylic acids is 2. The fourth-order valence-electron chi connectivity index (χ4n) is 4.56. The van der Waals surface area contributed by atoms with Crippen molar-refractivity contribution in [3.05, 3.63) is 112 Å². The number of nitrogens with one attached hydrogen (secondary N) is 2. The number of nitriles is 1. The normalized spacial score (nSPS) is 16.8. The Bertz CT molecular complexity index is 1680. The number of fused-ring (bicyclic) bond motifs is 1. The molecule has 2 N–H and O–H groups in total. The van der Waals surface area contributed by atoms with E-state index in [4.69, 9.17) is 20.8 Å². The first-order valence-electron chi connectivity index (χ1n) is 11.4. The summed E-state index contributed by atoms with van der Waals surface area (Å²) < 4.78 is 11.5. The second kappa shape index (κ2) is 8.97. The first kappa shape index (κ1) is 22.6. The molecule has 6 rings (SSSR count). The van der Waals surface area contributed by atoms with Gasteiger partial charge in [0, 0.05) is 16.8 Å². The fourth-order valence-corrected chi connectivity index (χ4v) is 4.69. The number of pyridine rings is 1. The number of aromatic nitrogens is 1. The molecule has 2 aliphatic rings. The quantitative estimate of drug-likeness (QED) is 0.365. The van der Waals surface area contributed by atoms with Gasteiger partial charge in [-0.05, 0) is 42.0 Å². The van der Waals surface area contributed by atoms with Crippen LogP contribution in [0, 0.1) is 11.3 Å². The van der Waals surface area contributed by atoms with E-state index in [0.29, 0.717) is 55.7 Å². The molecule has 0 radical (unpaired) electrons. The number of dihydropyridines is 1. The van der Waals surface area contributed by atoms with Crippen LogP contribution in [0.1, 0.15) is 27.6 Å². The maximum atomic E-state index is 12.8. The van der Waals surface area contributed by atoms with E-state index in [0.717, 1.165) is 5.56 Å². The minimum Gasteiger partial charge on any atom is -0.460 e. The monoisotopic (exact) mass is 508 g/mol. The van der Waals surface area contributed by atoms with Crippen LogP contribution >= 0.6 is 11.6 Å². The Balaban J connectivity index is 1.47. The van der Waals surface area contributed by atoms with Gasteiger partial charge in [0.1, 0.15) is 23.8 Å². The number of hydrogen-bond donors (Lipinski definition) is 2. The Morgan fingerprint density at radius 2 is 1.92 bits per heavy atom. The summed E-state index contributed by atoms with van der Waals surface area (Å²) in [5.74, 6) is -0.996. The van der Waals surface area contributed by atoms with Crippen molar-refractivity contribution >= 4 is 46.0 Å². The van der Waals surface area contributed by atoms with E-state index in [-0.39, 0.29) is 12.5 Å². The summed E-state index contributed by atoms with van der Waals surface area (Å²) in [6.07, 6.45) is 1.52. The summed E-state index contributed by atoms with van der Waals surface area (Å²) in [5, 5.41) is 17.4. The van der Waals surface area contributed by atoms with Gasteiger partial charge >= 0.3 is 5.97 Å². The molecule has 2 aromatic heterocycles. The van der Waals surface area contributed by atoms with Crippen LogP contribution in [0.2, 0.25) is 5.02 Å². The number of cyclic esters (lactones) is 1. The van der Waals surface area contributed by atoms with Crippen LogP contribution in [0.5, 0.6) is 0 Å². The molecule has 0 fully saturated rings. The van der Waals surface area contributed by atoms with E-state index in [2.05, 4.69) is 21.7 Å². The number of halogens is 1. The Morgan fingerprint density at radius 1 is 1.14 bits per heavy atom. The highest BCUT2D eigenvalue weighted by molar-refractivity contribution is 6.30. The number of amides is 1. The molecule has 0 aliphatic carbocycles. The third kappa shape index (κ3) is 3.92. The first-order chi connectivity index (χ1) is 18.0. The predicted octanol–water partition coefficient (Wildman–Crippen LogP) is 5.17. The molecule has 37 heavy (non-hydrogen) atoms. The zero-order valence-electron chi connectivity index (χ0n) is 19.1. The molecule has 0 saturated heterocycles. The second-order valence-electron chi connectivity index (χ2n) is 8.47. The van der Waals surface area contributed by atoms with Crippen LogP contribution in [0.25, 0.3) is 16.7 Å². The third-order valence-corrected chi connectivity index (χ3v) is 6.54. The van der Waals surface area contributed by atoms with Crippen molar-refractivity contribution < 1.29 is 18.7 Å². The lowest BCUT2D eigenvalue weighted by atomic mass is 9.83. The van der Waals surface area contributed by atoms with Gasteiger partial charge < -0.3 is 19.8 Å². The molecular formula is C28H17ClN4O4. The van der Waals surface area contributed by atoms with Crippen LogP contribution in [-0.4, -0.2) is 23.5 Å². The molecule has 0 bridgehead atoms. The topological polar surface area (TPSA) is 117 Å². The van der Waals surface area contributed by atoms with Gasteiger partial charge in [0.2, 0.25) is 0 Å². The van der Waals surface area contributed by atoms with Gasteiger partial charge in [0.25, 0.3) is 5.91 Å². The molecule has 8 nitrogen and oxygen atoms in total. The summed E-state index contributed by atoms with van der Waals surface area (Å²) in [6.45, 7) is 0.0562. The molecule has 1 atom stereocenters. The van der Waals surface area contributed by atoms with Crippen molar-refractivity contribution in [3.8, 4) is 6.07 Å². The van der Waals surface area contributed by atoms with E-state index in [9.17, 15) is 14.9 Å². The first-order valence-corrected chi connectivity index (χ1v) is 11.7. The summed E-state index contributed by atoms with van der Waals surface area (Å²) in [6, 6.07) is 21.4. The smallest absolute Gasteiger partial charge is 0.337 e. The second-order valence-corrected chi connectivity index (χ2v) is 8.91. The van der Waals surface area contributed by atoms with E-state index in [1.165, 1.54) is 6.20 Å². The molecule has 4 aromatic rings. The fraction of sp³-hybridized carbons (Fsp3) is 0.0714. The zero-order chi connectivity index (χ0) is 25.5. The van der Waals surface area contributed by atoms with Crippen molar-refractivity contribution in [1.82, 2.24) is 10.3 Å². The van der Waals surface area contributed by atoms with Crippen LogP contribution < -0.4 is 10.6 Å². The van der Waals surface area contributed by atoms with Gasteiger partial charge in [-0.1, -0.05) is 41.9 Å². The summed E-state index contributed by atoms with van der Waals surface area (Å²) in [4.78, 5) is 29.8. The van der Waals surface area contributed by atoms with Gasteiger partial charge in [-0.15, -0.1) is 0 Å². The van der Waals surface area contributed by atoms with E-state index in [1.54, 1.807) is 60.7 Å². The van der Waals surface area contributed by atoms with Crippen molar-refractivity contribution in [2.75, 3.05) is 11.9 Å². The van der Waals surface area contributed by atoms with E-state index < -0.39 is 11.9 Å². The van der Waals surface area contributed by atoms with E-state index >= 15 is 0 Å². The van der Waals surface area contributed by atoms with Gasteiger partial charge in [-0.3, -0.25) is 4.79 Å². The molecular weight excluding hydrogens is 492 g/mol. The van der Waals surface area contributed by atoms with Gasteiger partial charge in [-0.25, -0.2) is 9.78 Å². The summed E-state index contributed by atoms with van der Waals surface area (Å²) >= 11 is 6.06. The minimum absolute atomic E-state index is 0.0562. The number of allylic oxidation sites excluding steroid dienone is 1. The molecule has 180 valence electrons. The van der Waals surface area contributed by atoms with Crippen molar-refractivity contribution in [2.24, 2.45) is 0 Å². The largest absolute Gasteiger partial charge is 0.460 e. The lowest BCUT2D eigenvalue weighted by Gasteiger charge is -2.25. The molecule has 0 saturated carbocycles. The number of benzene rings is 2. The Kier molecular flexibility index (Phi) is 5.48. The number of ether oxygens (including phenoxy) is 1. The van der Waals surface area contributed by atoms with Crippen LogP contribution in [-0.2, 0) is 9.53 Å². The highest BCUT2D eigenvalue weighted by atomic mass is 35.5. The lowest BCUT2D eigenvalue weighted by Crippen LogP contribution is -2.25. The van der Waals surface area contributed by atoms with Crippen molar-refractivity contribution in [1.29, 1.82) is 5.26 Å². The van der Waals surface area contributed by atoms with Crippen molar-refractivity contribution in [3.63, 3.8) is 0 Å². The Morgan fingerprint density at radius 3 is 2.68 bits per heavy atom. The molecule has 1 amide bonds. The number of furan rings is 1. The minimum atomic E-state index is -0.813. The molecule has 1 unspecified atom stereocenters. The number of esters is 1. The lowest BCUT2D eigenvalue weighted by molar-refractivity contribution is -0.136. The molecule has 0 spiro atoms. The number of anilines is 1. The van der Waals surface area contributed by atoms with Gasteiger partial charge in [0.05, 0.1) is 39.9 Å². The molecule has 4 heterocycles. The number of hydrogen-bond acceptors (Lipinski definition) is 7. The number of rotatable bonds is 4. The van der Waals surface area contributed by atoms with Crippen LogP contribution in [0.3, 0.4) is 0 Å². The SMILES string of the molecule is N#CC1=C(c2ccc(Cl)cc2)NC2=C(C(=O)OC2)C1c1cc2c(NC(=O)c3ccccc3)nccc2o1. The number of carbonyl (C=O) groups is 2. The van der Waals surface area contributed by atoms with Gasteiger partial charge in [-0.2, -0.15) is 5.26 Å². The summed E-state index contributed by atoms with van der Waals surface area (Å²) in [7, 11) is 0. The Labute approximate surface area is 215 Å². The standard InChI is InChI=1S/C28H17ClN4O4/c29-17-8-6-15(7-9-17)25-19(13-30)23(24-20(32-25)14-36-28(24)35)22-12-18-21(37-22)10-11-31-26(18)33-27(34)16-4-2-1-3-5-16/h1-12,23,32H,14H2,(H,31,33,34). The van der Waals surface area contributed by atoms with Gasteiger partial charge in [0.15, 0.2) is 0 Å². The van der Waals surface area contributed by atoms with E-state index in [1.807, 2.05) is 6.07 Å². The van der Waals surface area contributed by atoms with Crippen LogP contribution in [0.4, 0.5) is 5.82 Å². The number of nitrogens with zero attached hydrogens (tertiary/aromatic N) is 2. The van der Waals surface area contributed by atoms with Crippen molar-refractivity contribution in [2.45, 2.75) is 5.92 Å². The average Bonchev–Trinajstić information content (AvgIpc) is 3.52. The third-order valence-electron chi connectivity index (χ3n) is 6.29. The zero-order valence-corrected chi connectivity index (χ0v) is 19.9. The Hall–Kier alpha value is -4.87. The highest BCUT2D eigenvalue weighted by Crippen LogP contribution is 2.44. The predicted molar refractivity (Wildman–Crippen MR) is 136 cm³/mol. The maximum Gasteiger partial charge on any atom is 0.337 e. The highest BCUT2D eigenvalue weighted by Gasteiger charge is 2.42.